The van der Waals surface area contributed by atoms with E-state index in [4.69, 9.17) is 9.15 Å². The van der Waals surface area contributed by atoms with Crippen molar-refractivity contribution >= 4 is 17.0 Å². The van der Waals surface area contributed by atoms with E-state index in [1.54, 1.807) is 12.1 Å². The Kier molecular flexibility index (Phi) is 4.35. The minimum Gasteiger partial charge on any atom is -0.408 e. The van der Waals surface area contributed by atoms with E-state index < -0.39 is 5.76 Å². The van der Waals surface area contributed by atoms with Crippen LogP contribution in [0, 0.1) is 5.92 Å². The van der Waals surface area contributed by atoms with Crippen molar-refractivity contribution in [2.24, 2.45) is 5.92 Å². The number of benzene rings is 1. The third-order valence-electron chi connectivity index (χ3n) is 5.29. The molecule has 7 heteroatoms. The number of hydrogen-bond acceptors (Lipinski definition) is 5. The van der Waals surface area contributed by atoms with E-state index >= 15 is 0 Å². The summed E-state index contributed by atoms with van der Waals surface area (Å²) < 4.78 is 12.4. The van der Waals surface area contributed by atoms with Crippen LogP contribution in [0.5, 0.6) is 0 Å². The minimum atomic E-state index is -0.486. The van der Waals surface area contributed by atoms with Crippen LogP contribution in [0.15, 0.2) is 33.5 Å². The Balaban J connectivity index is 1.59. The molecular formula is C18H23N3O4. The summed E-state index contributed by atoms with van der Waals surface area (Å²) in [5.41, 5.74) is 1.17. The Morgan fingerprint density at radius 1 is 1.28 bits per heavy atom. The number of likely N-dealkylation sites (tertiary alicyclic amines) is 1. The summed E-state index contributed by atoms with van der Waals surface area (Å²) in [5, 5.41) is 0. The van der Waals surface area contributed by atoms with Gasteiger partial charge in [0.15, 0.2) is 5.58 Å². The van der Waals surface area contributed by atoms with Crippen molar-refractivity contribution in [1.29, 1.82) is 0 Å². The first-order chi connectivity index (χ1) is 12.1. The van der Waals surface area contributed by atoms with Gasteiger partial charge in [-0.2, -0.15) is 0 Å². The van der Waals surface area contributed by atoms with Gasteiger partial charge in [0.2, 0.25) is 5.91 Å². The molecule has 4 rings (SSSR count). The first-order valence-corrected chi connectivity index (χ1v) is 8.77. The second kappa shape index (κ2) is 6.65. The number of para-hydroxylation sites is 2. The minimum absolute atomic E-state index is 0.00884. The largest absolute Gasteiger partial charge is 0.420 e. The highest BCUT2D eigenvalue weighted by atomic mass is 16.5. The van der Waals surface area contributed by atoms with E-state index in [0.717, 1.165) is 19.5 Å². The molecule has 25 heavy (non-hydrogen) atoms. The lowest BCUT2D eigenvalue weighted by molar-refractivity contribution is -0.136. The molecule has 2 saturated heterocycles. The average molecular weight is 345 g/mol. The summed E-state index contributed by atoms with van der Waals surface area (Å²) in [6, 6.07) is 7.37. The van der Waals surface area contributed by atoms with Crippen molar-refractivity contribution < 1.29 is 13.9 Å². The maximum Gasteiger partial charge on any atom is 0.420 e. The predicted molar refractivity (Wildman–Crippen MR) is 92.4 cm³/mol. The van der Waals surface area contributed by atoms with Gasteiger partial charge in [0.1, 0.15) is 6.54 Å². The highest BCUT2D eigenvalue weighted by molar-refractivity contribution is 5.80. The molecule has 2 aliphatic rings. The van der Waals surface area contributed by atoms with Crippen molar-refractivity contribution in [2.45, 2.75) is 19.0 Å². The summed E-state index contributed by atoms with van der Waals surface area (Å²) in [6.07, 6.45) is 0.942. The highest BCUT2D eigenvalue weighted by Crippen LogP contribution is 2.25. The Morgan fingerprint density at radius 2 is 2.12 bits per heavy atom. The fourth-order valence-electron chi connectivity index (χ4n) is 4.04. The van der Waals surface area contributed by atoms with Crippen LogP contribution in [0.25, 0.3) is 11.1 Å². The first kappa shape index (κ1) is 16.4. The van der Waals surface area contributed by atoms with Crippen LogP contribution in [0.2, 0.25) is 0 Å². The van der Waals surface area contributed by atoms with Crippen LogP contribution in [0.3, 0.4) is 0 Å². The Bertz CT molecular complexity index is 827. The number of carbonyl (C=O) groups excluding carboxylic acids is 1. The molecule has 2 fully saturated rings. The number of aromatic nitrogens is 1. The van der Waals surface area contributed by atoms with E-state index in [-0.39, 0.29) is 18.5 Å². The zero-order valence-corrected chi connectivity index (χ0v) is 14.4. The third-order valence-corrected chi connectivity index (χ3v) is 5.29. The van der Waals surface area contributed by atoms with Crippen LogP contribution < -0.4 is 5.76 Å². The zero-order chi connectivity index (χ0) is 17.4. The lowest BCUT2D eigenvalue weighted by Crippen LogP contribution is -2.53. The van der Waals surface area contributed by atoms with Crippen LogP contribution in [0.4, 0.5) is 0 Å². The first-order valence-electron chi connectivity index (χ1n) is 8.77. The highest BCUT2D eigenvalue weighted by Gasteiger charge is 2.36. The summed E-state index contributed by atoms with van der Waals surface area (Å²) >= 11 is 0. The molecule has 134 valence electrons. The van der Waals surface area contributed by atoms with Gasteiger partial charge in [0.25, 0.3) is 0 Å². The van der Waals surface area contributed by atoms with Gasteiger partial charge in [0.05, 0.1) is 18.7 Å². The summed E-state index contributed by atoms with van der Waals surface area (Å²) in [4.78, 5) is 29.4. The molecule has 1 aromatic heterocycles. The molecule has 0 radical (unpaired) electrons. The fourth-order valence-corrected chi connectivity index (χ4v) is 4.04. The van der Waals surface area contributed by atoms with Gasteiger partial charge in [-0.25, -0.2) is 4.79 Å². The SMILES string of the molecule is CN1CC[C@@H]2[C@@H](COCCN2C(=O)Cn2c(=O)oc3ccccc32)C1. The number of amides is 1. The van der Waals surface area contributed by atoms with Gasteiger partial charge in [0, 0.05) is 25.0 Å². The normalized spacial score (nSPS) is 24.9. The maximum atomic E-state index is 13.0. The monoisotopic (exact) mass is 345 g/mol. The summed E-state index contributed by atoms with van der Waals surface area (Å²) in [7, 11) is 2.10. The van der Waals surface area contributed by atoms with Gasteiger partial charge < -0.3 is 19.0 Å². The second-order valence-corrected chi connectivity index (χ2v) is 6.96. The molecule has 0 spiro atoms. The van der Waals surface area contributed by atoms with Gasteiger partial charge >= 0.3 is 5.76 Å². The van der Waals surface area contributed by atoms with Crippen LogP contribution in [-0.2, 0) is 16.1 Å². The number of oxazole rings is 1. The molecule has 0 aliphatic carbocycles. The summed E-state index contributed by atoms with van der Waals surface area (Å²) in [6.45, 7) is 3.72. The topological polar surface area (TPSA) is 67.9 Å². The third kappa shape index (κ3) is 3.09. The summed E-state index contributed by atoms with van der Waals surface area (Å²) in [5.74, 6) is -0.206. The molecule has 7 nitrogen and oxygen atoms in total. The molecule has 2 atom stereocenters. The number of ether oxygens (including phenoxy) is 1. The van der Waals surface area contributed by atoms with Gasteiger partial charge in [-0.05, 0) is 32.1 Å². The predicted octanol–water partition coefficient (Wildman–Crippen LogP) is 0.774. The van der Waals surface area contributed by atoms with Crippen LogP contribution in [-0.4, -0.2) is 66.2 Å². The Labute approximate surface area is 145 Å². The second-order valence-electron chi connectivity index (χ2n) is 6.96. The standard InChI is InChI=1S/C18H23N3O4/c1-19-7-6-14-13(10-19)12-24-9-8-20(14)17(22)11-21-15-4-2-3-5-16(15)25-18(21)23/h2-5,13-14H,6-12H2,1H3/t13-,14-/m1/s1. The van der Waals surface area contributed by atoms with E-state index in [1.165, 1.54) is 4.57 Å². The fraction of sp³-hybridized carbons (Fsp3) is 0.556. The lowest BCUT2D eigenvalue weighted by Gasteiger charge is -2.40. The molecule has 3 heterocycles. The number of carbonyl (C=O) groups is 1. The number of nitrogens with zero attached hydrogens (tertiary/aromatic N) is 3. The van der Waals surface area contributed by atoms with E-state index in [2.05, 4.69) is 11.9 Å². The number of piperidine rings is 1. The number of rotatable bonds is 2. The average Bonchev–Trinajstić information content (AvgIpc) is 2.78. The van der Waals surface area contributed by atoms with E-state index in [1.807, 2.05) is 17.0 Å². The zero-order valence-electron chi connectivity index (χ0n) is 14.4. The van der Waals surface area contributed by atoms with Crippen molar-refractivity contribution in [3.05, 3.63) is 34.8 Å². The van der Waals surface area contributed by atoms with Crippen molar-refractivity contribution in [1.82, 2.24) is 14.4 Å². The molecule has 1 aromatic carbocycles. The number of fused-ring (bicyclic) bond motifs is 2. The van der Waals surface area contributed by atoms with Gasteiger partial charge in [-0.3, -0.25) is 9.36 Å². The molecule has 0 unspecified atom stereocenters. The van der Waals surface area contributed by atoms with Crippen molar-refractivity contribution in [2.75, 3.05) is 39.9 Å². The molecular weight excluding hydrogens is 322 g/mol. The molecule has 2 aliphatic heterocycles. The van der Waals surface area contributed by atoms with Crippen molar-refractivity contribution in [3.8, 4) is 0 Å². The Morgan fingerprint density at radius 3 is 3.00 bits per heavy atom. The Hall–Kier alpha value is -2.12. The van der Waals surface area contributed by atoms with E-state index in [9.17, 15) is 9.59 Å². The number of hydrogen-bond donors (Lipinski definition) is 0. The molecule has 0 saturated carbocycles. The molecule has 2 aromatic rings. The van der Waals surface area contributed by atoms with Gasteiger partial charge in [-0.1, -0.05) is 12.1 Å². The van der Waals surface area contributed by atoms with Gasteiger partial charge in [-0.15, -0.1) is 0 Å². The van der Waals surface area contributed by atoms with Crippen LogP contribution >= 0.6 is 0 Å². The molecule has 0 N–H and O–H groups in total. The smallest absolute Gasteiger partial charge is 0.408 e. The van der Waals surface area contributed by atoms with E-state index in [0.29, 0.717) is 36.8 Å². The van der Waals surface area contributed by atoms with Crippen LogP contribution in [0.1, 0.15) is 6.42 Å². The maximum absolute atomic E-state index is 13.0. The molecule has 1 amide bonds. The quantitative estimate of drug-likeness (QED) is 0.804. The molecule has 0 bridgehead atoms. The van der Waals surface area contributed by atoms with Crippen molar-refractivity contribution in [3.63, 3.8) is 0 Å². The lowest BCUT2D eigenvalue weighted by atomic mass is 9.92.